The molecule has 0 atom stereocenters. The van der Waals surface area contributed by atoms with Gasteiger partial charge in [0.05, 0.1) is 18.1 Å². The summed E-state index contributed by atoms with van der Waals surface area (Å²) in [6, 6.07) is 5.27. The fourth-order valence-corrected chi connectivity index (χ4v) is 3.01. The van der Waals surface area contributed by atoms with Gasteiger partial charge < -0.3 is 5.73 Å². The molecule has 1 aromatic heterocycles. The molecule has 0 fully saturated rings. The number of halogens is 1. The van der Waals surface area contributed by atoms with E-state index in [1.54, 1.807) is 12.1 Å². The largest absolute Gasteiger partial charge is 0.368 e. The Kier molecular flexibility index (Phi) is 3.72. The summed E-state index contributed by atoms with van der Waals surface area (Å²) in [4.78, 5) is 7.28. The number of hydrogen-bond donors (Lipinski definition) is 2. The van der Waals surface area contributed by atoms with Crippen molar-refractivity contribution in [1.29, 1.82) is 0 Å². The number of nitrogen functional groups attached to an aromatic ring is 1. The van der Waals surface area contributed by atoms with Gasteiger partial charge in [-0.3, -0.25) is 4.72 Å². The first-order chi connectivity index (χ1) is 8.87. The molecule has 3 N–H and O–H groups in total. The monoisotopic (exact) mass is 342 g/mol. The Hall–Kier alpha value is -1.67. The van der Waals surface area contributed by atoms with Gasteiger partial charge in [-0.05, 0) is 30.7 Å². The number of rotatable bonds is 3. The average molecular weight is 343 g/mol. The Morgan fingerprint density at radius 3 is 2.42 bits per heavy atom. The summed E-state index contributed by atoms with van der Waals surface area (Å²) in [5, 5.41) is 0. The number of nitrogens with one attached hydrogen (secondary N) is 1. The Bertz CT molecular complexity index is 681. The summed E-state index contributed by atoms with van der Waals surface area (Å²) in [5.41, 5.74) is 6.71. The molecular formula is C11H11BrN4O2S. The number of benzene rings is 1. The lowest BCUT2D eigenvalue weighted by atomic mass is 10.2. The molecule has 19 heavy (non-hydrogen) atoms. The molecule has 0 saturated carbocycles. The normalized spacial score (nSPS) is 11.3. The highest BCUT2D eigenvalue weighted by atomic mass is 79.9. The number of anilines is 2. The fourth-order valence-electron chi connectivity index (χ4n) is 1.47. The number of nitrogens with two attached hydrogens (primary N) is 1. The van der Waals surface area contributed by atoms with Crippen LogP contribution in [-0.4, -0.2) is 18.4 Å². The Morgan fingerprint density at radius 1 is 1.21 bits per heavy atom. The number of hydrogen-bond acceptors (Lipinski definition) is 5. The molecule has 2 rings (SSSR count). The summed E-state index contributed by atoms with van der Waals surface area (Å²) in [6.07, 6.45) is 2.32. The molecule has 0 amide bonds. The standard InChI is InChI=1S/C11H11BrN4O2S/c1-7-2-8(12)4-9(3-7)16-19(17,18)10-5-14-11(13)15-6-10/h2-6,16H,1H3,(H2,13,14,15). The van der Waals surface area contributed by atoms with Gasteiger partial charge in [-0.25, -0.2) is 18.4 Å². The van der Waals surface area contributed by atoms with E-state index >= 15 is 0 Å². The maximum Gasteiger partial charge on any atom is 0.264 e. The van der Waals surface area contributed by atoms with Gasteiger partial charge in [0.2, 0.25) is 5.95 Å². The lowest BCUT2D eigenvalue weighted by Crippen LogP contribution is -2.14. The van der Waals surface area contributed by atoms with Gasteiger partial charge in [-0.15, -0.1) is 0 Å². The highest BCUT2D eigenvalue weighted by Gasteiger charge is 2.15. The summed E-state index contributed by atoms with van der Waals surface area (Å²) in [7, 11) is -3.71. The minimum Gasteiger partial charge on any atom is -0.368 e. The smallest absolute Gasteiger partial charge is 0.264 e. The van der Waals surface area contributed by atoms with E-state index in [-0.39, 0.29) is 10.8 Å². The molecule has 2 aromatic rings. The van der Waals surface area contributed by atoms with Gasteiger partial charge in [0.15, 0.2) is 0 Å². The van der Waals surface area contributed by atoms with Crippen LogP contribution in [0.5, 0.6) is 0 Å². The van der Waals surface area contributed by atoms with E-state index in [1.165, 1.54) is 0 Å². The summed E-state index contributed by atoms with van der Waals surface area (Å²) in [5.74, 6) is 0.0252. The maximum absolute atomic E-state index is 12.1. The zero-order valence-corrected chi connectivity index (χ0v) is 12.4. The van der Waals surface area contributed by atoms with Gasteiger partial charge >= 0.3 is 0 Å². The Labute approximate surface area is 119 Å². The Morgan fingerprint density at radius 2 is 1.84 bits per heavy atom. The van der Waals surface area contributed by atoms with Crippen LogP contribution in [0.1, 0.15) is 5.56 Å². The van der Waals surface area contributed by atoms with Crippen LogP contribution in [0.2, 0.25) is 0 Å². The Balaban J connectivity index is 2.33. The van der Waals surface area contributed by atoms with E-state index in [2.05, 4.69) is 30.6 Å². The van der Waals surface area contributed by atoms with Gasteiger partial charge in [-0.2, -0.15) is 0 Å². The lowest BCUT2D eigenvalue weighted by molar-refractivity contribution is 0.600. The average Bonchev–Trinajstić information content (AvgIpc) is 2.27. The molecule has 6 nitrogen and oxygen atoms in total. The first-order valence-electron chi connectivity index (χ1n) is 5.24. The third-order valence-electron chi connectivity index (χ3n) is 2.25. The van der Waals surface area contributed by atoms with E-state index < -0.39 is 10.0 Å². The lowest BCUT2D eigenvalue weighted by Gasteiger charge is -2.09. The van der Waals surface area contributed by atoms with Crippen molar-refractivity contribution in [2.45, 2.75) is 11.8 Å². The van der Waals surface area contributed by atoms with Crippen molar-refractivity contribution in [1.82, 2.24) is 9.97 Å². The molecule has 8 heteroatoms. The summed E-state index contributed by atoms with van der Waals surface area (Å²) < 4.78 is 27.4. The number of aryl methyl sites for hydroxylation is 1. The summed E-state index contributed by atoms with van der Waals surface area (Å²) in [6.45, 7) is 1.87. The highest BCUT2D eigenvalue weighted by Crippen LogP contribution is 2.21. The van der Waals surface area contributed by atoms with Crippen molar-refractivity contribution < 1.29 is 8.42 Å². The van der Waals surface area contributed by atoms with E-state index in [4.69, 9.17) is 5.73 Å². The van der Waals surface area contributed by atoms with Crippen LogP contribution in [0.25, 0.3) is 0 Å². The van der Waals surface area contributed by atoms with Crippen molar-refractivity contribution >= 4 is 37.6 Å². The van der Waals surface area contributed by atoms with Crippen LogP contribution in [0.15, 0.2) is 40.0 Å². The fraction of sp³-hybridized carbons (Fsp3) is 0.0909. The van der Waals surface area contributed by atoms with E-state index in [9.17, 15) is 8.42 Å². The number of nitrogens with zero attached hydrogens (tertiary/aromatic N) is 2. The van der Waals surface area contributed by atoms with Crippen LogP contribution in [0.4, 0.5) is 11.6 Å². The van der Waals surface area contributed by atoms with Crippen LogP contribution in [-0.2, 0) is 10.0 Å². The molecule has 0 aliphatic carbocycles. The molecule has 0 radical (unpaired) electrons. The molecule has 0 saturated heterocycles. The molecule has 1 aromatic carbocycles. The quantitative estimate of drug-likeness (QED) is 0.887. The first-order valence-corrected chi connectivity index (χ1v) is 7.52. The second-order valence-electron chi connectivity index (χ2n) is 3.90. The number of sulfonamides is 1. The van der Waals surface area contributed by atoms with E-state index in [0.29, 0.717) is 5.69 Å². The zero-order chi connectivity index (χ0) is 14.0. The molecule has 0 spiro atoms. The van der Waals surface area contributed by atoms with Crippen LogP contribution < -0.4 is 10.5 Å². The van der Waals surface area contributed by atoms with Gasteiger partial charge in [0.1, 0.15) is 4.90 Å². The van der Waals surface area contributed by atoms with Crippen molar-refractivity contribution in [3.63, 3.8) is 0 Å². The van der Waals surface area contributed by atoms with Gasteiger partial charge in [0.25, 0.3) is 10.0 Å². The first kappa shape index (κ1) is 13.8. The topological polar surface area (TPSA) is 98.0 Å². The second-order valence-corrected chi connectivity index (χ2v) is 6.50. The molecular weight excluding hydrogens is 332 g/mol. The maximum atomic E-state index is 12.1. The van der Waals surface area contributed by atoms with Crippen molar-refractivity contribution in [2.24, 2.45) is 0 Å². The third kappa shape index (κ3) is 3.42. The highest BCUT2D eigenvalue weighted by molar-refractivity contribution is 9.10. The second kappa shape index (κ2) is 5.14. The van der Waals surface area contributed by atoms with Crippen LogP contribution >= 0.6 is 15.9 Å². The van der Waals surface area contributed by atoms with E-state index in [1.807, 2.05) is 13.0 Å². The molecule has 100 valence electrons. The number of aromatic nitrogens is 2. The molecule has 1 heterocycles. The van der Waals surface area contributed by atoms with Crippen molar-refractivity contribution in [3.8, 4) is 0 Å². The summed E-state index contributed by atoms with van der Waals surface area (Å²) >= 11 is 3.31. The third-order valence-corrected chi connectivity index (χ3v) is 4.05. The van der Waals surface area contributed by atoms with Crippen molar-refractivity contribution in [2.75, 3.05) is 10.5 Å². The predicted octanol–water partition coefficient (Wildman–Crippen LogP) is 1.93. The minimum atomic E-state index is -3.71. The SMILES string of the molecule is Cc1cc(Br)cc(NS(=O)(=O)c2cnc(N)nc2)c1. The molecule has 0 bridgehead atoms. The van der Waals surface area contributed by atoms with Crippen LogP contribution in [0, 0.1) is 6.92 Å². The van der Waals surface area contributed by atoms with E-state index in [0.717, 1.165) is 22.4 Å². The van der Waals surface area contributed by atoms with Crippen LogP contribution in [0.3, 0.4) is 0 Å². The zero-order valence-electron chi connectivity index (χ0n) is 9.96. The van der Waals surface area contributed by atoms with Gasteiger partial charge in [0, 0.05) is 4.47 Å². The predicted molar refractivity (Wildman–Crippen MR) is 76.1 cm³/mol. The van der Waals surface area contributed by atoms with Gasteiger partial charge in [-0.1, -0.05) is 15.9 Å². The molecule has 0 aliphatic rings. The molecule has 0 unspecified atom stereocenters. The molecule has 0 aliphatic heterocycles. The van der Waals surface area contributed by atoms with Crippen molar-refractivity contribution in [3.05, 3.63) is 40.6 Å². The minimum absolute atomic E-state index is 0.0252.